The molecule has 0 fully saturated rings. The van der Waals surface area contributed by atoms with Crippen molar-refractivity contribution in [1.29, 1.82) is 0 Å². The molecule has 0 radical (unpaired) electrons. The van der Waals surface area contributed by atoms with E-state index < -0.39 is 0 Å². The first-order valence-electron chi connectivity index (χ1n) is 8.77. The molecule has 0 spiro atoms. The first-order chi connectivity index (χ1) is 13.3. The van der Waals surface area contributed by atoms with Crippen molar-refractivity contribution in [3.63, 3.8) is 0 Å². The largest absolute Gasteiger partial charge is 0.307 e. The molecule has 4 aromatic carbocycles. The number of halogens is 2. The number of hydrogen-bond donors (Lipinski definition) is 0. The van der Waals surface area contributed by atoms with Gasteiger partial charge in [-0.25, -0.2) is 0 Å². The molecule has 0 amide bonds. The van der Waals surface area contributed by atoms with Gasteiger partial charge in [0.25, 0.3) is 0 Å². The van der Waals surface area contributed by atoms with Gasteiger partial charge < -0.3 is 4.57 Å². The lowest BCUT2D eigenvalue weighted by Crippen LogP contribution is -1.98. The number of nitrogens with zero attached hydrogens (tertiary/aromatic N) is 1. The molecule has 5 rings (SSSR count). The maximum absolute atomic E-state index is 3.91. The van der Waals surface area contributed by atoms with Gasteiger partial charge in [-0.3, -0.25) is 0 Å². The molecule has 0 saturated carbocycles. The van der Waals surface area contributed by atoms with E-state index in [1.54, 1.807) is 0 Å². The normalized spacial score (nSPS) is 11.3. The zero-order valence-corrected chi connectivity index (χ0v) is 17.5. The quantitative estimate of drug-likeness (QED) is 0.243. The van der Waals surface area contributed by atoms with Crippen molar-refractivity contribution in [3.8, 4) is 16.8 Å². The Morgan fingerprint density at radius 1 is 0.556 bits per heavy atom. The lowest BCUT2D eigenvalue weighted by atomic mass is 10.1. The lowest BCUT2D eigenvalue weighted by Gasteiger charge is -2.16. The van der Waals surface area contributed by atoms with Crippen LogP contribution in [0.2, 0.25) is 0 Å². The van der Waals surface area contributed by atoms with Crippen molar-refractivity contribution < 1.29 is 0 Å². The Labute approximate surface area is 174 Å². The molecule has 0 aliphatic rings. The summed E-state index contributed by atoms with van der Waals surface area (Å²) in [5.74, 6) is 0. The summed E-state index contributed by atoms with van der Waals surface area (Å²) < 4.78 is 4.47. The molecule has 0 bridgehead atoms. The molecule has 0 aliphatic carbocycles. The molecule has 1 nitrogen and oxygen atoms in total. The van der Waals surface area contributed by atoms with E-state index in [-0.39, 0.29) is 0 Å². The number of hydrogen-bond acceptors (Lipinski definition) is 0. The second-order valence-electron chi connectivity index (χ2n) is 6.49. The van der Waals surface area contributed by atoms with Crippen LogP contribution in [0.5, 0.6) is 0 Å². The maximum Gasteiger partial charge on any atom is 0.0752 e. The summed E-state index contributed by atoms with van der Waals surface area (Å²) in [6.07, 6.45) is 0. The highest BCUT2D eigenvalue weighted by Gasteiger charge is 2.18. The number of para-hydroxylation sites is 2. The molecule has 0 N–H and O–H groups in total. The molecular formula is C24H15Br2N. The van der Waals surface area contributed by atoms with Crippen molar-refractivity contribution in [2.45, 2.75) is 0 Å². The van der Waals surface area contributed by atoms with Crippen LogP contribution >= 0.6 is 31.9 Å². The second kappa shape index (κ2) is 6.66. The van der Waals surface area contributed by atoms with Gasteiger partial charge in [-0.2, -0.15) is 0 Å². The second-order valence-corrected chi connectivity index (χ2v) is 8.14. The smallest absolute Gasteiger partial charge is 0.0752 e. The summed E-state index contributed by atoms with van der Waals surface area (Å²) in [6, 6.07) is 31.9. The molecule has 0 aliphatic heterocycles. The first-order valence-corrected chi connectivity index (χ1v) is 10.4. The number of aromatic nitrogens is 1. The zero-order valence-electron chi connectivity index (χ0n) is 14.4. The molecule has 27 heavy (non-hydrogen) atoms. The maximum atomic E-state index is 3.91. The highest BCUT2D eigenvalue weighted by atomic mass is 79.9. The number of rotatable bonds is 2. The molecule has 0 unspecified atom stereocenters. The van der Waals surface area contributed by atoms with Gasteiger partial charge in [0.05, 0.1) is 21.2 Å². The summed E-state index contributed by atoms with van der Waals surface area (Å²) in [6.45, 7) is 0. The van der Waals surface area contributed by atoms with Crippen molar-refractivity contribution in [3.05, 3.63) is 99.9 Å². The van der Waals surface area contributed by atoms with E-state index in [4.69, 9.17) is 0 Å². The fourth-order valence-corrected chi connectivity index (χ4v) is 5.28. The van der Waals surface area contributed by atoms with Crippen LogP contribution < -0.4 is 0 Å². The minimum Gasteiger partial charge on any atom is -0.307 e. The lowest BCUT2D eigenvalue weighted by molar-refractivity contribution is 1.16. The predicted molar refractivity (Wildman–Crippen MR) is 122 cm³/mol. The Kier molecular flexibility index (Phi) is 4.14. The van der Waals surface area contributed by atoms with E-state index >= 15 is 0 Å². The van der Waals surface area contributed by atoms with Gasteiger partial charge >= 0.3 is 0 Å². The predicted octanol–water partition coefficient (Wildman–Crippen LogP) is 7.98. The van der Waals surface area contributed by atoms with Gasteiger partial charge in [-0.1, -0.05) is 72.8 Å². The molecule has 130 valence electrons. The van der Waals surface area contributed by atoms with Crippen LogP contribution in [0.25, 0.3) is 38.6 Å². The van der Waals surface area contributed by atoms with Gasteiger partial charge in [0.15, 0.2) is 0 Å². The van der Waals surface area contributed by atoms with Gasteiger partial charge in [0.2, 0.25) is 0 Å². The first kappa shape index (κ1) is 16.8. The molecule has 3 heteroatoms. The number of benzene rings is 4. The number of fused-ring (bicyclic) bond motifs is 3. The zero-order chi connectivity index (χ0) is 18.4. The SMILES string of the molecule is Brc1ccc(-c2ccccc2)c(Br)c1-n1c2ccccc2c2ccccc21. The van der Waals surface area contributed by atoms with E-state index in [1.165, 1.54) is 32.9 Å². The minimum atomic E-state index is 1.06. The van der Waals surface area contributed by atoms with E-state index in [2.05, 4.69) is 121 Å². The Morgan fingerprint density at radius 2 is 1.11 bits per heavy atom. The van der Waals surface area contributed by atoms with Crippen molar-refractivity contribution in [1.82, 2.24) is 4.57 Å². The summed E-state index contributed by atoms with van der Waals surface area (Å²) in [5.41, 5.74) is 5.89. The molecular weight excluding hydrogens is 462 g/mol. The third kappa shape index (κ3) is 2.65. The van der Waals surface area contributed by atoms with Crippen molar-refractivity contribution in [2.75, 3.05) is 0 Å². The summed E-state index contributed by atoms with van der Waals surface area (Å²) in [7, 11) is 0. The Morgan fingerprint density at radius 3 is 1.74 bits per heavy atom. The third-order valence-electron chi connectivity index (χ3n) is 4.96. The van der Waals surface area contributed by atoms with Crippen LogP contribution in [0.4, 0.5) is 0 Å². The minimum absolute atomic E-state index is 1.06. The molecule has 5 aromatic rings. The Hall–Kier alpha value is -2.36. The van der Waals surface area contributed by atoms with Crippen LogP contribution in [0.15, 0.2) is 99.9 Å². The molecule has 1 aromatic heterocycles. The highest BCUT2D eigenvalue weighted by molar-refractivity contribution is 9.11. The highest BCUT2D eigenvalue weighted by Crippen LogP contribution is 2.41. The van der Waals surface area contributed by atoms with Crippen molar-refractivity contribution >= 4 is 53.7 Å². The standard InChI is InChI=1S/C24H15Br2N/c25-20-15-14-17(16-8-2-1-3-9-16)23(26)24(20)27-21-12-6-4-10-18(21)19-11-5-7-13-22(19)27/h1-15H. The summed E-state index contributed by atoms with van der Waals surface area (Å²) in [5, 5.41) is 2.52. The monoisotopic (exact) mass is 475 g/mol. The summed E-state index contributed by atoms with van der Waals surface area (Å²) >= 11 is 7.71. The average molecular weight is 477 g/mol. The Balaban J connectivity index is 1.91. The van der Waals surface area contributed by atoms with Gasteiger partial charge in [-0.05, 0) is 61.2 Å². The van der Waals surface area contributed by atoms with Gasteiger partial charge in [0, 0.05) is 15.2 Å². The average Bonchev–Trinajstić information content (AvgIpc) is 3.04. The molecule has 1 heterocycles. The van der Waals surface area contributed by atoms with E-state index in [0.717, 1.165) is 14.6 Å². The van der Waals surface area contributed by atoms with Crippen LogP contribution in [0.1, 0.15) is 0 Å². The molecule has 0 saturated heterocycles. The third-order valence-corrected chi connectivity index (χ3v) is 6.40. The van der Waals surface area contributed by atoms with Gasteiger partial charge in [-0.15, -0.1) is 0 Å². The topological polar surface area (TPSA) is 4.93 Å². The van der Waals surface area contributed by atoms with Crippen LogP contribution in [0, 0.1) is 0 Å². The van der Waals surface area contributed by atoms with Crippen LogP contribution in [-0.2, 0) is 0 Å². The van der Waals surface area contributed by atoms with E-state index in [1.807, 2.05) is 6.07 Å². The van der Waals surface area contributed by atoms with Crippen molar-refractivity contribution in [2.24, 2.45) is 0 Å². The van der Waals surface area contributed by atoms with Gasteiger partial charge in [0.1, 0.15) is 0 Å². The van der Waals surface area contributed by atoms with Crippen LogP contribution in [0.3, 0.4) is 0 Å². The van der Waals surface area contributed by atoms with E-state index in [0.29, 0.717) is 0 Å². The fraction of sp³-hybridized carbons (Fsp3) is 0. The van der Waals surface area contributed by atoms with Crippen LogP contribution in [-0.4, -0.2) is 4.57 Å². The fourth-order valence-electron chi connectivity index (χ4n) is 3.75. The van der Waals surface area contributed by atoms with E-state index in [9.17, 15) is 0 Å². The molecule has 0 atom stereocenters. The Bertz CT molecular complexity index is 1230. The summed E-state index contributed by atoms with van der Waals surface area (Å²) in [4.78, 5) is 0.